The van der Waals surface area contributed by atoms with E-state index >= 15 is 0 Å². The first-order chi connectivity index (χ1) is 8.82. The van der Waals surface area contributed by atoms with Gasteiger partial charge in [-0.3, -0.25) is 0 Å². The molecule has 0 spiro atoms. The number of halogens is 3. The zero-order valence-corrected chi connectivity index (χ0v) is 10.4. The highest BCUT2D eigenvalue weighted by atomic mass is 32.2. The minimum atomic E-state index is -4.64. The quantitative estimate of drug-likeness (QED) is 0.684. The fourth-order valence-corrected chi connectivity index (χ4v) is 2.05. The number of nitriles is 1. The summed E-state index contributed by atoms with van der Waals surface area (Å²) in [4.78, 5) is 10.9. The Labute approximate surface area is 110 Å². The molecule has 4 nitrogen and oxygen atoms in total. The van der Waals surface area contributed by atoms with Crippen LogP contribution in [0.1, 0.15) is 21.5 Å². The van der Waals surface area contributed by atoms with E-state index in [0.29, 0.717) is 0 Å². The second kappa shape index (κ2) is 5.95. The van der Waals surface area contributed by atoms with Gasteiger partial charge in [-0.05, 0) is 29.5 Å². The summed E-state index contributed by atoms with van der Waals surface area (Å²) in [6.45, 7) is -0.504. The van der Waals surface area contributed by atoms with Gasteiger partial charge in [-0.2, -0.15) is 18.4 Å². The Balaban J connectivity index is 3.47. The lowest BCUT2D eigenvalue weighted by Gasteiger charge is -2.12. The van der Waals surface area contributed by atoms with Crippen LogP contribution >= 0.6 is 11.8 Å². The van der Waals surface area contributed by atoms with Crippen molar-refractivity contribution < 1.29 is 27.8 Å². The maximum Gasteiger partial charge on any atom is 0.446 e. The minimum Gasteiger partial charge on any atom is -0.465 e. The highest BCUT2D eigenvalue weighted by Gasteiger charge is 2.33. The first kappa shape index (κ1) is 15.3. The molecule has 1 rings (SSSR count). The Hall–Kier alpha value is -1.72. The molecule has 0 aliphatic heterocycles. The maximum atomic E-state index is 12.4. The summed E-state index contributed by atoms with van der Waals surface area (Å²) in [6, 6.07) is 3.74. The normalized spacial score (nSPS) is 10.9. The van der Waals surface area contributed by atoms with Crippen LogP contribution in [0.5, 0.6) is 0 Å². The summed E-state index contributed by atoms with van der Waals surface area (Å²) in [5, 5.41) is 17.8. The predicted molar refractivity (Wildman–Crippen MR) is 60.3 cm³/mol. The van der Waals surface area contributed by atoms with Gasteiger partial charge in [-0.15, -0.1) is 0 Å². The number of nitrogens with zero attached hydrogens (tertiary/aromatic N) is 1. The van der Waals surface area contributed by atoms with Gasteiger partial charge in [0.05, 0.1) is 24.8 Å². The first-order valence-electron chi connectivity index (χ1n) is 4.84. The highest BCUT2D eigenvalue weighted by molar-refractivity contribution is 8.00. The molecule has 0 aromatic heterocycles. The topological polar surface area (TPSA) is 70.3 Å². The molecule has 19 heavy (non-hydrogen) atoms. The van der Waals surface area contributed by atoms with Crippen LogP contribution in [0, 0.1) is 11.3 Å². The summed E-state index contributed by atoms with van der Waals surface area (Å²) in [6.07, 6.45) is 0. The number of benzene rings is 1. The molecule has 0 aliphatic carbocycles. The summed E-state index contributed by atoms with van der Waals surface area (Å²) in [5.74, 6) is -1.00. The number of hydrogen-bond acceptors (Lipinski definition) is 5. The number of ether oxygens (including phenoxy) is 1. The van der Waals surface area contributed by atoms with E-state index in [1.54, 1.807) is 6.07 Å². The summed E-state index contributed by atoms with van der Waals surface area (Å²) >= 11 is -0.564. The van der Waals surface area contributed by atoms with Gasteiger partial charge in [0.25, 0.3) is 0 Å². The monoisotopic (exact) mass is 291 g/mol. The lowest BCUT2D eigenvalue weighted by Crippen LogP contribution is -2.09. The van der Waals surface area contributed by atoms with Gasteiger partial charge in [0.1, 0.15) is 6.07 Å². The number of esters is 1. The van der Waals surface area contributed by atoms with Crippen LogP contribution in [0.15, 0.2) is 17.0 Å². The third kappa shape index (κ3) is 3.87. The molecule has 0 saturated carbocycles. The van der Waals surface area contributed by atoms with Crippen molar-refractivity contribution in [2.45, 2.75) is 17.0 Å². The van der Waals surface area contributed by atoms with Gasteiger partial charge >= 0.3 is 11.5 Å². The van der Waals surface area contributed by atoms with E-state index in [4.69, 9.17) is 10.4 Å². The van der Waals surface area contributed by atoms with Gasteiger partial charge in [0.15, 0.2) is 0 Å². The standard InChI is InChI=1S/C11H8F3NO3S/c1-18-10(17)8-3-6(5-16)2-7(4-15)9(8)19-11(12,13)14/h2-3,16H,5H2,1H3. The van der Waals surface area contributed by atoms with E-state index in [2.05, 4.69) is 4.74 Å². The van der Waals surface area contributed by atoms with Crippen LogP contribution in [0.4, 0.5) is 13.2 Å². The molecule has 0 unspecified atom stereocenters. The molecule has 0 radical (unpaired) electrons. The summed E-state index contributed by atoms with van der Waals surface area (Å²) in [5.41, 5.74) is -5.22. The number of carbonyl (C=O) groups is 1. The number of rotatable bonds is 3. The number of hydrogen-bond donors (Lipinski definition) is 1. The molecule has 0 fully saturated rings. The molecule has 102 valence electrons. The van der Waals surface area contributed by atoms with Crippen molar-refractivity contribution in [3.8, 4) is 6.07 Å². The lowest BCUT2D eigenvalue weighted by atomic mass is 10.1. The molecule has 0 aliphatic rings. The number of carbonyl (C=O) groups excluding carboxylic acids is 1. The molecule has 0 heterocycles. The van der Waals surface area contributed by atoms with Crippen molar-refractivity contribution in [2.24, 2.45) is 0 Å². The highest BCUT2D eigenvalue weighted by Crippen LogP contribution is 2.41. The Morgan fingerprint density at radius 3 is 2.58 bits per heavy atom. The molecular formula is C11H8F3NO3S. The van der Waals surface area contributed by atoms with Crippen LogP contribution in [0.3, 0.4) is 0 Å². The Bertz CT molecular complexity index is 537. The molecule has 0 bridgehead atoms. The molecule has 0 saturated heterocycles. The van der Waals surface area contributed by atoms with E-state index in [1.807, 2.05) is 0 Å². The van der Waals surface area contributed by atoms with E-state index in [-0.39, 0.29) is 11.1 Å². The smallest absolute Gasteiger partial charge is 0.446 e. The fraction of sp³-hybridized carbons (Fsp3) is 0.273. The number of aliphatic hydroxyl groups is 1. The van der Waals surface area contributed by atoms with E-state index < -0.39 is 40.3 Å². The van der Waals surface area contributed by atoms with Gasteiger partial charge in [0, 0.05) is 4.90 Å². The van der Waals surface area contributed by atoms with Crippen molar-refractivity contribution in [1.29, 1.82) is 5.26 Å². The SMILES string of the molecule is COC(=O)c1cc(CO)cc(C#N)c1SC(F)(F)F. The molecule has 0 amide bonds. The number of thioether (sulfide) groups is 1. The summed E-state index contributed by atoms with van der Waals surface area (Å²) < 4.78 is 41.7. The average Bonchev–Trinajstić information content (AvgIpc) is 2.36. The van der Waals surface area contributed by atoms with Crippen molar-refractivity contribution in [1.82, 2.24) is 0 Å². The van der Waals surface area contributed by atoms with Crippen LogP contribution in [0.25, 0.3) is 0 Å². The number of aliphatic hydroxyl groups excluding tert-OH is 1. The first-order valence-corrected chi connectivity index (χ1v) is 5.66. The second-order valence-corrected chi connectivity index (χ2v) is 4.40. The Kier molecular flexibility index (Phi) is 4.80. The van der Waals surface area contributed by atoms with Crippen LogP contribution in [-0.2, 0) is 11.3 Å². The third-order valence-corrected chi connectivity index (χ3v) is 2.95. The molecule has 1 N–H and O–H groups in total. The number of methoxy groups -OCH3 is 1. The zero-order chi connectivity index (χ0) is 14.6. The van der Waals surface area contributed by atoms with Gasteiger partial charge in [0.2, 0.25) is 0 Å². The van der Waals surface area contributed by atoms with Crippen molar-refractivity contribution >= 4 is 17.7 Å². The molecule has 0 atom stereocenters. The second-order valence-electron chi connectivity index (χ2n) is 3.33. The lowest BCUT2D eigenvalue weighted by molar-refractivity contribution is -0.0328. The fourth-order valence-electron chi connectivity index (χ4n) is 1.35. The van der Waals surface area contributed by atoms with Gasteiger partial charge in [-0.1, -0.05) is 0 Å². The predicted octanol–water partition coefficient (Wildman–Crippen LogP) is 2.45. The van der Waals surface area contributed by atoms with E-state index in [0.717, 1.165) is 19.2 Å². The summed E-state index contributed by atoms with van der Waals surface area (Å²) in [7, 11) is 1.02. The molecule has 1 aromatic carbocycles. The Morgan fingerprint density at radius 1 is 1.53 bits per heavy atom. The van der Waals surface area contributed by atoms with Gasteiger partial charge in [-0.25, -0.2) is 4.79 Å². The van der Waals surface area contributed by atoms with Crippen molar-refractivity contribution in [3.05, 3.63) is 28.8 Å². The van der Waals surface area contributed by atoms with Crippen LogP contribution < -0.4 is 0 Å². The average molecular weight is 291 g/mol. The maximum absolute atomic E-state index is 12.4. The van der Waals surface area contributed by atoms with Gasteiger partial charge < -0.3 is 9.84 Å². The van der Waals surface area contributed by atoms with E-state index in [1.165, 1.54) is 0 Å². The largest absolute Gasteiger partial charge is 0.465 e. The zero-order valence-electron chi connectivity index (χ0n) is 9.61. The van der Waals surface area contributed by atoms with Crippen LogP contribution in [0.2, 0.25) is 0 Å². The molecular weight excluding hydrogens is 283 g/mol. The molecule has 8 heteroatoms. The minimum absolute atomic E-state index is 0.156. The Morgan fingerprint density at radius 2 is 2.16 bits per heavy atom. The molecule has 1 aromatic rings. The van der Waals surface area contributed by atoms with Crippen LogP contribution in [-0.4, -0.2) is 23.7 Å². The van der Waals surface area contributed by atoms with Crippen molar-refractivity contribution in [2.75, 3.05) is 7.11 Å². The third-order valence-electron chi connectivity index (χ3n) is 2.07. The van der Waals surface area contributed by atoms with Crippen molar-refractivity contribution in [3.63, 3.8) is 0 Å². The number of alkyl halides is 3. The van der Waals surface area contributed by atoms with E-state index in [9.17, 15) is 18.0 Å².